The normalized spacial score (nSPS) is 12.3. The van der Waals surface area contributed by atoms with Gasteiger partial charge in [0.15, 0.2) is 11.5 Å². The number of rotatable bonds is 7. The number of methoxy groups -OCH3 is 1. The maximum atomic E-state index is 12.5. The highest BCUT2D eigenvalue weighted by molar-refractivity contribution is 5.94. The van der Waals surface area contributed by atoms with E-state index in [0.29, 0.717) is 36.1 Å². The van der Waals surface area contributed by atoms with Crippen molar-refractivity contribution in [2.24, 2.45) is 5.92 Å². The Morgan fingerprint density at radius 1 is 1.11 bits per heavy atom. The van der Waals surface area contributed by atoms with Crippen molar-refractivity contribution in [1.29, 1.82) is 0 Å². The third kappa shape index (κ3) is 5.37. The molecule has 1 heterocycles. The first-order valence-electron chi connectivity index (χ1n) is 8.97. The van der Waals surface area contributed by atoms with Gasteiger partial charge in [-0.25, -0.2) is 0 Å². The van der Waals surface area contributed by atoms with Crippen LogP contribution in [0.4, 0.5) is 0 Å². The molecule has 0 bridgehead atoms. The first-order chi connectivity index (χ1) is 12.6. The fourth-order valence-electron chi connectivity index (χ4n) is 2.93. The topological polar surface area (TPSA) is 59.6 Å². The van der Waals surface area contributed by atoms with Gasteiger partial charge in [0.05, 0.1) is 13.7 Å². The van der Waals surface area contributed by atoms with Gasteiger partial charge in [0, 0.05) is 25.2 Å². The fourth-order valence-corrected chi connectivity index (χ4v) is 2.93. The fraction of sp³-hybridized carbons (Fsp3) is 0.381. The van der Waals surface area contributed by atoms with E-state index >= 15 is 0 Å². The van der Waals surface area contributed by atoms with E-state index in [2.05, 4.69) is 42.7 Å². The van der Waals surface area contributed by atoms with Crippen molar-refractivity contribution in [2.45, 2.75) is 33.5 Å². The summed E-state index contributed by atoms with van der Waals surface area (Å²) >= 11 is 0. The van der Waals surface area contributed by atoms with Gasteiger partial charge in [-0.15, -0.1) is 12.4 Å². The Bertz CT molecular complexity index is 793. The third-order valence-electron chi connectivity index (χ3n) is 4.35. The second-order valence-electron chi connectivity index (χ2n) is 6.96. The molecule has 0 atom stereocenters. The predicted molar refractivity (Wildman–Crippen MR) is 109 cm³/mol. The Morgan fingerprint density at radius 2 is 1.89 bits per heavy atom. The van der Waals surface area contributed by atoms with Gasteiger partial charge in [-0.1, -0.05) is 32.0 Å². The second kappa shape index (κ2) is 9.62. The summed E-state index contributed by atoms with van der Waals surface area (Å²) < 4.78 is 11.1. The molecule has 0 saturated heterocycles. The van der Waals surface area contributed by atoms with Crippen molar-refractivity contribution >= 4 is 18.3 Å². The molecular formula is C21H27ClN2O3. The number of nitrogens with one attached hydrogen (secondary N) is 2. The number of ether oxygens (including phenoxy) is 2. The van der Waals surface area contributed by atoms with E-state index in [-0.39, 0.29) is 18.3 Å². The van der Waals surface area contributed by atoms with Gasteiger partial charge in [-0.2, -0.15) is 0 Å². The largest absolute Gasteiger partial charge is 0.493 e. The molecule has 5 nitrogen and oxygen atoms in total. The van der Waals surface area contributed by atoms with Gasteiger partial charge >= 0.3 is 0 Å². The van der Waals surface area contributed by atoms with E-state index in [1.165, 1.54) is 11.1 Å². The summed E-state index contributed by atoms with van der Waals surface area (Å²) in [5.41, 5.74) is 4.30. The molecule has 0 radical (unpaired) electrons. The van der Waals surface area contributed by atoms with Crippen LogP contribution in [0.1, 0.15) is 40.9 Å². The molecule has 27 heavy (non-hydrogen) atoms. The molecule has 1 amide bonds. The SMILES string of the molecule is COc1cc(C(=O)NCc2ccc3c(c2)CNC3)ccc1OCC(C)C.Cl. The highest BCUT2D eigenvalue weighted by atomic mass is 35.5. The number of hydrogen-bond donors (Lipinski definition) is 2. The van der Waals surface area contributed by atoms with Gasteiger partial charge in [0.2, 0.25) is 0 Å². The lowest BCUT2D eigenvalue weighted by Crippen LogP contribution is -2.23. The Labute approximate surface area is 166 Å². The first kappa shape index (κ1) is 21.1. The van der Waals surface area contributed by atoms with Crippen molar-refractivity contribution in [3.05, 3.63) is 58.7 Å². The molecule has 1 aliphatic heterocycles. The zero-order valence-electron chi connectivity index (χ0n) is 16.0. The van der Waals surface area contributed by atoms with Crippen molar-refractivity contribution in [2.75, 3.05) is 13.7 Å². The molecule has 2 aromatic rings. The molecule has 6 heteroatoms. The molecule has 0 aliphatic carbocycles. The highest BCUT2D eigenvalue weighted by Crippen LogP contribution is 2.28. The smallest absolute Gasteiger partial charge is 0.251 e. The minimum atomic E-state index is -0.127. The number of carbonyl (C=O) groups is 1. The quantitative estimate of drug-likeness (QED) is 0.757. The number of hydrogen-bond acceptors (Lipinski definition) is 4. The number of benzene rings is 2. The zero-order chi connectivity index (χ0) is 18.5. The van der Waals surface area contributed by atoms with E-state index in [9.17, 15) is 4.79 Å². The summed E-state index contributed by atoms with van der Waals surface area (Å²) in [6.07, 6.45) is 0. The van der Waals surface area contributed by atoms with Crippen molar-refractivity contribution in [3.8, 4) is 11.5 Å². The maximum Gasteiger partial charge on any atom is 0.251 e. The molecular weight excluding hydrogens is 364 g/mol. The van der Waals surface area contributed by atoms with Crippen molar-refractivity contribution < 1.29 is 14.3 Å². The van der Waals surface area contributed by atoms with Crippen LogP contribution in [0.3, 0.4) is 0 Å². The van der Waals surface area contributed by atoms with Crippen LogP contribution in [0.5, 0.6) is 11.5 Å². The number of amides is 1. The molecule has 0 aromatic heterocycles. The van der Waals surface area contributed by atoms with Crippen molar-refractivity contribution in [1.82, 2.24) is 10.6 Å². The predicted octanol–water partition coefficient (Wildman–Crippen LogP) is 3.69. The Kier molecular flexibility index (Phi) is 7.51. The average molecular weight is 391 g/mol. The molecule has 0 unspecified atom stereocenters. The molecule has 3 rings (SSSR count). The monoisotopic (exact) mass is 390 g/mol. The second-order valence-corrected chi connectivity index (χ2v) is 6.96. The lowest BCUT2D eigenvalue weighted by Gasteiger charge is -2.13. The molecule has 1 aliphatic rings. The van der Waals surface area contributed by atoms with E-state index in [1.54, 1.807) is 25.3 Å². The van der Waals surface area contributed by atoms with E-state index in [0.717, 1.165) is 18.7 Å². The van der Waals surface area contributed by atoms with Crippen LogP contribution in [-0.4, -0.2) is 19.6 Å². The van der Waals surface area contributed by atoms with Crippen LogP contribution in [0.2, 0.25) is 0 Å². The average Bonchev–Trinajstić information content (AvgIpc) is 3.12. The van der Waals surface area contributed by atoms with E-state index in [4.69, 9.17) is 9.47 Å². The highest BCUT2D eigenvalue weighted by Gasteiger charge is 2.13. The first-order valence-corrected chi connectivity index (χ1v) is 8.97. The summed E-state index contributed by atoms with van der Waals surface area (Å²) in [6.45, 7) is 7.10. The standard InChI is InChI=1S/C21H26N2O3.ClH/c1-14(2)13-26-19-7-6-16(9-20(19)25-3)21(24)23-10-15-4-5-17-11-22-12-18(17)8-15;/h4-9,14,22H,10-13H2,1-3H3,(H,23,24);1H. The third-order valence-corrected chi connectivity index (χ3v) is 4.35. The number of carbonyl (C=O) groups excluding carboxylic acids is 1. The van der Waals surface area contributed by atoms with Crippen molar-refractivity contribution in [3.63, 3.8) is 0 Å². The van der Waals surface area contributed by atoms with Gasteiger partial charge in [-0.3, -0.25) is 4.79 Å². The van der Waals surface area contributed by atoms with Crippen LogP contribution in [-0.2, 0) is 19.6 Å². The number of fused-ring (bicyclic) bond motifs is 1. The molecule has 146 valence electrons. The Hall–Kier alpha value is -2.24. The number of halogens is 1. The molecule has 2 aromatic carbocycles. The summed E-state index contributed by atoms with van der Waals surface area (Å²) in [4.78, 5) is 12.5. The molecule has 0 fully saturated rings. The summed E-state index contributed by atoms with van der Waals surface area (Å²) in [5, 5.41) is 6.30. The minimum Gasteiger partial charge on any atom is -0.493 e. The van der Waals surface area contributed by atoms with E-state index in [1.807, 2.05) is 0 Å². The molecule has 0 spiro atoms. The van der Waals surface area contributed by atoms with Crippen LogP contribution < -0.4 is 20.1 Å². The van der Waals surface area contributed by atoms with Gasteiger partial charge in [0.25, 0.3) is 5.91 Å². The Morgan fingerprint density at radius 3 is 2.63 bits per heavy atom. The van der Waals surface area contributed by atoms with Gasteiger partial charge in [0.1, 0.15) is 0 Å². The summed E-state index contributed by atoms with van der Waals surface area (Å²) in [5.74, 6) is 1.52. The lowest BCUT2D eigenvalue weighted by molar-refractivity contribution is 0.0950. The van der Waals surface area contributed by atoms with Gasteiger partial charge in [-0.05, 0) is 40.8 Å². The zero-order valence-corrected chi connectivity index (χ0v) is 16.8. The lowest BCUT2D eigenvalue weighted by atomic mass is 10.1. The van der Waals surface area contributed by atoms with Crippen LogP contribution in [0, 0.1) is 5.92 Å². The summed E-state index contributed by atoms with van der Waals surface area (Å²) in [7, 11) is 1.58. The van der Waals surface area contributed by atoms with Crippen LogP contribution in [0.15, 0.2) is 36.4 Å². The van der Waals surface area contributed by atoms with Gasteiger partial charge < -0.3 is 20.1 Å². The van der Waals surface area contributed by atoms with Crippen LogP contribution in [0.25, 0.3) is 0 Å². The van der Waals surface area contributed by atoms with E-state index < -0.39 is 0 Å². The minimum absolute atomic E-state index is 0. The summed E-state index contributed by atoms with van der Waals surface area (Å²) in [6, 6.07) is 11.6. The molecule has 0 saturated carbocycles. The maximum absolute atomic E-state index is 12.5. The van der Waals surface area contributed by atoms with Crippen LogP contribution >= 0.6 is 12.4 Å². The Balaban J connectivity index is 0.00000261. The molecule has 2 N–H and O–H groups in total.